The molecule has 6 nitrogen and oxygen atoms in total. The van der Waals surface area contributed by atoms with Gasteiger partial charge in [0.05, 0.1) is 29.5 Å². The zero-order valence-corrected chi connectivity index (χ0v) is 18.3. The Kier molecular flexibility index (Phi) is 6.49. The van der Waals surface area contributed by atoms with Gasteiger partial charge in [0.15, 0.2) is 0 Å². The number of carbonyl (C=O) groups excluding carboxylic acids is 1. The minimum atomic E-state index is -0.183. The Bertz CT molecular complexity index is 1070. The highest BCUT2D eigenvalue weighted by molar-refractivity contribution is 6.06. The van der Waals surface area contributed by atoms with E-state index in [9.17, 15) is 4.79 Å². The molecule has 162 valence electrons. The van der Waals surface area contributed by atoms with E-state index < -0.39 is 0 Å². The molecule has 1 amide bonds. The van der Waals surface area contributed by atoms with Gasteiger partial charge in [-0.15, -0.1) is 0 Å². The minimum absolute atomic E-state index is 0.116. The second kappa shape index (κ2) is 9.45. The first-order valence-electron chi connectivity index (χ1n) is 10.7. The van der Waals surface area contributed by atoms with Crippen LogP contribution in [0.5, 0.6) is 5.75 Å². The third-order valence-electron chi connectivity index (χ3n) is 5.36. The van der Waals surface area contributed by atoms with Crippen LogP contribution in [0.15, 0.2) is 54.6 Å². The van der Waals surface area contributed by atoms with Crippen LogP contribution < -0.4 is 10.1 Å². The summed E-state index contributed by atoms with van der Waals surface area (Å²) in [7, 11) is 1.65. The van der Waals surface area contributed by atoms with Gasteiger partial charge in [0.25, 0.3) is 5.91 Å². The standard InChI is InChI=1S/C25H29N3O3/c1-17(2)31-19-8-6-7-18(13-19)15-28-11-12-30-24(16-28)23-14-21(25(29)26-3)20-9-4-5-10-22(20)27-23/h4-10,13-14,17,24H,11-12,15-16H2,1-3H3,(H,26,29)/t24-/m0/s1. The summed E-state index contributed by atoms with van der Waals surface area (Å²) < 4.78 is 11.9. The molecule has 1 atom stereocenters. The lowest BCUT2D eigenvalue weighted by Gasteiger charge is -2.33. The Balaban J connectivity index is 1.55. The van der Waals surface area contributed by atoms with Gasteiger partial charge in [0.2, 0.25) is 0 Å². The van der Waals surface area contributed by atoms with Gasteiger partial charge in [-0.25, -0.2) is 4.98 Å². The van der Waals surface area contributed by atoms with Crippen molar-refractivity contribution >= 4 is 16.8 Å². The molecule has 0 bridgehead atoms. The molecule has 6 heteroatoms. The fourth-order valence-electron chi connectivity index (χ4n) is 3.96. The van der Waals surface area contributed by atoms with E-state index in [2.05, 4.69) is 22.3 Å². The number of rotatable bonds is 6. The second-order valence-electron chi connectivity index (χ2n) is 8.10. The summed E-state index contributed by atoms with van der Waals surface area (Å²) in [6.45, 7) is 7.06. The molecule has 0 saturated carbocycles. The highest BCUT2D eigenvalue weighted by atomic mass is 16.5. The largest absolute Gasteiger partial charge is 0.491 e. The van der Waals surface area contributed by atoms with Crippen molar-refractivity contribution in [3.63, 3.8) is 0 Å². The van der Waals surface area contributed by atoms with Crippen LogP contribution in [-0.4, -0.2) is 48.6 Å². The molecule has 0 unspecified atom stereocenters. The van der Waals surface area contributed by atoms with Crippen LogP contribution in [0.1, 0.15) is 41.6 Å². The Morgan fingerprint density at radius 2 is 2.06 bits per heavy atom. The average Bonchev–Trinajstić information content (AvgIpc) is 2.78. The van der Waals surface area contributed by atoms with E-state index in [-0.39, 0.29) is 18.1 Å². The van der Waals surface area contributed by atoms with Crippen molar-refractivity contribution in [1.82, 2.24) is 15.2 Å². The van der Waals surface area contributed by atoms with Gasteiger partial charge in [-0.05, 0) is 43.7 Å². The first-order chi connectivity index (χ1) is 15.0. The number of nitrogens with zero attached hydrogens (tertiary/aromatic N) is 2. The van der Waals surface area contributed by atoms with Crippen LogP contribution in [-0.2, 0) is 11.3 Å². The van der Waals surface area contributed by atoms with E-state index in [1.165, 1.54) is 5.56 Å². The molecule has 3 aromatic rings. The van der Waals surface area contributed by atoms with E-state index >= 15 is 0 Å². The number of morpholine rings is 1. The lowest BCUT2D eigenvalue weighted by atomic mass is 10.0. The van der Waals surface area contributed by atoms with E-state index in [0.717, 1.165) is 35.4 Å². The van der Waals surface area contributed by atoms with Crippen LogP contribution >= 0.6 is 0 Å². The summed E-state index contributed by atoms with van der Waals surface area (Å²) in [4.78, 5) is 19.6. The number of amides is 1. The molecule has 1 saturated heterocycles. The van der Waals surface area contributed by atoms with Gasteiger partial charge < -0.3 is 14.8 Å². The Morgan fingerprint density at radius 3 is 2.87 bits per heavy atom. The lowest BCUT2D eigenvalue weighted by Crippen LogP contribution is -2.38. The summed E-state index contributed by atoms with van der Waals surface area (Å²) >= 11 is 0. The monoisotopic (exact) mass is 419 g/mol. The Labute approximate surface area is 183 Å². The van der Waals surface area contributed by atoms with Gasteiger partial charge >= 0.3 is 0 Å². The molecule has 0 aliphatic carbocycles. The van der Waals surface area contributed by atoms with Crippen LogP contribution in [0, 0.1) is 0 Å². The normalized spacial score (nSPS) is 17.1. The van der Waals surface area contributed by atoms with Crippen molar-refractivity contribution in [3.8, 4) is 5.75 Å². The number of carbonyl (C=O) groups is 1. The van der Waals surface area contributed by atoms with Gasteiger partial charge in [0.1, 0.15) is 11.9 Å². The third-order valence-corrected chi connectivity index (χ3v) is 5.36. The van der Waals surface area contributed by atoms with E-state index in [1.807, 2.05) is 56.3 Å². The van der Waals surface area contributed by atoms with Crippen molar-refractivity contribution in [1.29, 1.82) is 0 Å². The predicted octanol–water partition coefficient (Wildman–Crippen LogP) is 3.96. The molecule has 0 spiro atoms. The fraction of sp³-hybridized carbons (Fsp3) is 0.360. The van der Waals surface area contributed by atoms with Crippen molar-refractivity contribution in [2.45, 2.75) is 32.6 Å². The zero-order valence-electron chi connectivity index (χ0n) is 18.3. The summed E-state index contributed by atoms with van der Waals surface area (Å²) in [6.07, 6.45) is -0.0339. The van der Waals surface area contributed by atoms with Crippen LogP contribution in [0.3, 0.4) is 0 Å². The van der Waals surface area contributed by atoms with Crippen LogP contribution in [0.25, 0.3) is 10.9 Å². The zero-order chi connectivity index (χ0) is 21.8. The van der Waals surface area contributed by atoms with Crippen molar-refractivity contribution in [2.75, 3.05) is 26.7 Å². The minimum Gasteiger partial charge on any atom is -0.491 e. The summed E-state index contributed by atoms with van der Waals surface area (Å²) in [5.41, 5.74) is 3.43. The molecule has 1 N–H and O–H groups in total. The summed E-state index contributed by atoms with van der Waals surface area (Å²) in [5, 5.41) is 3.58. The van der Waals surface area contributed by atoms with E-state index in [1.54, 1.807) is 7.05 Å². The first kappa shape index (κ1) is 21.3. The lowest BCUT2D eigenvalue weighted by molar-refractivity contribution is -0.0348. The number of fused-ring (bicyclic) bond motifs is 1. The van der Waals surface area contributed by atoms with Crippen LogP contribution in [0.4, 0.5) is 0 Å². The third kappa shape index (κ3) is 5.03. The highest BCUT2D eigenvalue weighted by Gasteiger charge is 2.25. The summed E-state index contributed by atoms with van der Waals surface area (Å²) in [6, 6.07) is 17.8. The molecule has 1 aromatic heterocycles. The molecule has 31 heavy (non-hydrogen) atoms. The topological polar surface area (TPSA) is 63.7 Å². The van der Waals surface area contributed by atoms with Gasteiger partial charge in [-0.1, -0.05) is 30.3 Å². The highest BCUT2D eigenvalue weighted by Crippen LogP contribution is 2.27. The SMILES string of the molecule is CNC(=O)c1cc([C@@H]2CN(Cc3cccc(OC(C)C)c3)CCO2)nc2ccccc12. The van der Waals surface area contributed by atoms with Crippen molar-refractivity contribution in [3.05, 3.63) is 71.4 Å². The van der Waals surface area contributed by atoms with Gasteiger partial charge in [0, 0.05) is 32.1 Å². The van der Waals surface area contributed by atoms with Crippen molar-refractivity contribution in [2.24, 2.45) is 0 Å². The molecular weight excluding hydrogens is 390 g/mol. The maximum atomic E-state index is 12.5. The number of nitrogens with one attached hydrogen (secondary N) is 1. The second-order valence-corrected chi connectivity index (χ2v) is 8.10. The number of aromatic nitrogens is 1. The number of pyridine rings is 1. The predicted molar refractivity (Wildman–Crippen MR) is 121 cm³/mol. The molecule has 1 aliphatic heterocycles. The summed E-state index contributed by atoms with van der Waals surface area (Å²) in [5.74, 6) is 0.776. The van der Waals surface area contributed by atoms with Gasteiger partial charge in [-0.3, -0.25) is 9.69 Å². The fourth-order valence-corrected chi connectivity index (χ4v) is 3.96. The number of ether oxygens (including phenoxy) is 2. The van der Waals surface area contributed by atoms with Crippen molar-refractivity contribution < 1.29 is 14.3 Å². The molecule has 1 aliphatic rings. The smallest absolute Gasteiger partial charge is 0.251 e. The number of para-hydroxylation sites is 1. The van der Waals surface area contributed by atoms with E-state index in [4.69, 9.17) is 14.5 Å². The number of hydrogen-bond acceptors (Lipinski definition) is 5. The number of benzene rings is 2. The Morgan fingerprint density at radius 1 is 1.23 bits per heavy atom. The number of hydrogen-bond donors (Lipinski definition) is 1. The van der Waals surface area contributed by atoms with Crippen LogP contribution in [0.2, 0.25) is 0 Å². The first-order valence-corrected chi connectivity index (χ1v) is 10.7. The molecule has 2 aromatic carbocycles. The molecule has 1 fully saturated rings. The molecule has 4 rings (SSSR count). The van der Waals surface area contributed by atoms with E-state index in [0.29, 0.717) is 18.7 Å². The maximum Gasteiger partial charge on any atom is 0.251 e. The Hall–Kier alpha value is -2.96. The quantitative estimate of drug-likeness (QED) is 0.655. The molecule has 2 heterocycles. The average molecular weight is 420 g/mol. The molecule has 0 radical (unpaired) electrons. The van der Waals surface area contributed by atoms with Gasteiger partial charge in [-0.2, -0.15) is 0 Å². The molecular formula is C25H29N3O3. The maximum absolute atomic E-state index is 12.5.